The Bertz CT molecular complexity index is 823. The van der Waals surface area contributed by atoms with Crippen molar-refractivity contribution in [2.24, 2.45) is 13.0 Å². The van der Waals surface area contributed by atoms with Gasteiger partial charge in [0.25, 0.3) is 6.43 Å². The molecule has 28 heavy (non-hydrogen) atoms. The lowest BCUT2D eigenvalue weighted by Gasteiger charge is -2.37. The summed E-state index contributed by atoms with van der Waals surface area (Å²) in [5, 5.41) is 0.678. The molecule has 1 aliphatic rings. The molecule has 160 valence electrons. The van der Waals surface area contributed by atoms with Gasteiger partial charge in [-0.05, 0) is 40.5 Å². The van der Waals surface area contributed by atoms with Crippen LogP contribution in [0.1, 0.15) is 52.7 Å². The first kappa shape index (κ1) is 22.5. The van der Waals surface area contributed by atoms with Gasteiger partial charge in [0.05, 0.1) is 0 Å². The second-order valence-corrected chi connectivity index (χ2v) is 10.3. The summed E-state index contributed by atoms with van der Waals surface area (Å²) in [5.41, 5.74) is -1.64. The molecule has 1 saturated heterocycles. The predicted molar refractivity (Wildman–Crippen MR) is 95.4 cm³/mol. The Morgan fingerprint density at radius 1 is 1.25 bits per heavy atom. The highest BCUT2D eigenvalue weighted by atomic mass is 32.2. The van der Waals surface area contributed by atoms with Crippen LogP contribution < -0.4 is 0 Å². The first-order valence-corrected chi connectivity index (χ1v) is 10.4. The topological polar surface area (TPSA) is 81.5 Å². The molecule has 1 amide bonds. The first-order chi connectivity index (χ1) is 12.7. The molecule has 0 N–H and O–H groups in total. The van der Waals surface area contributed by atoms with Crippen molar-refractivity contribution >= 4 is 15.9 Å². The highest BCUT2D eigenvalue weighted by molar-refractivity contribution is 7.92. The van der Waals surface area contributed by atoms with Gasteiger partial charge in [0.1, 0.15) is 16.2 Å². The number of piperidine rings is 1. The fourth-order valence-corrected chi connectivity index (χ4v) is 4.98. The molecule has 1 aliphatic heterocycles. The zero-order valence-corrected chi connectivity index (χ0v) is 17.4. The molecule has 1 fully saturated rings. The molecule has 1 aromatic heterocycles. The van der Waals surface area contributed by atoms with Crippen molar-refractivity contribution in [1.82, 2.24) is 14.7 Å². The SMILES string of the molecule is Cn1cc(S(=O)(=O)[C@@](C)(F)C2CCN(C(=O)OC(C)(C)C)CC2)c(C(F)F)n1. The van der Waals surface area contributed by atoms with Crippen LogP contribution >= 0.6 is 0 Å². The number of halogens is 3. The van der Waals surface area contributed by atoms with E-state index in [0.717, 1.165) is 17.8 Å². The van der Waals surface area contributed by atoms with Crippen LogP contribution in [0, 0.1) is 5.92 Å². The van der Waals surface area contributed by atoms with E-state index in [4.69, 9.17) is 4.74 Å². The molecule has 2 heterocycles. The van der Waals surface area contributed by atoms with Crippen LogP contribution in [0.25, 0.3) is 0 Å². The van der Waals surface area contributed by atoms with Crippen molar-refractivity contribution in [1.29, 1.82) is 0 Å². The molecule has 1 aromatic rings. The predicted octanol–water partition coefficient (Wildman–Crippen LogP) is 3.46. The number of rotatable bonds is 4. The fraction of sp³-hybridized carbons (Fsp3) is 0.765. The molecular formula is C17H26F3N3O4S. The summed E-state index contributed by atoms with van der Waals surface area (Å²) in [5.74, 6) is -0.957. The van der Waals surface area contributed by atoms with Crippen molar-refractivity contribution in [2.45, 2.75) is 62.5 Å². The van der Waals surface area contributed by atoms with Crippen LogP contribution in [0.4, 0.5) is 18.0 Å². The average Bonchev–Trinajstić information content (AvgIpc) is 2.96. The van der Waals surface area contributed by atoms with Gasteiger partial charge >= 0.3 is 6.09 Å². The van der Waals surface area contributed by atoms with Crippen LogP contribution in [-0.4, -0.2) is 52.9 Å². The van der Waals surface area contributed by atoms with E-state index < -0.39 is 49.5 Å². The lowest BCUT2D eigenvalue weighted by atomic mass is 9.92. The summed E-state index contributed by atoms with van der Waals surface area (Å²) in [6.45, 7) is 6.27. The number of ether oxygens (including phenoxy) is 1. The van der Waals surface area contributed by atoms with Gasteiger partial charge in [-0.1, -0.05) is 0 Å². The summed E-state index contributed by atoms with van der Waals surface area (Å²) < 4.78 is 73.6. The zero-order valence-electron chi connectivity index (χ0n) is 16.6. The Hall–Kier alpha value is -1.78. The third-order valence-electron chi connectivity index (χ3n) is 4.72. The number of hydrogen-bond donors (Lipinski definition) is 0. The molecule has 0 aliphatic carbocycles. The van der Waals surface area contributed by atoms with Crippen LogP contribution in [0.3, 0.4) is 0 Å². The van der Waals surface area contributed by atoms with Crippen molar-refractivity contribution < 1.29 is 31.1 Å². The number of aryl methyl sites for hydroxylation is 1. The molecule has 0 bridgehead atoms. The molecule has 7 nitrogen and oxygen atoms in total. The lowest BCUT2D eigenvalue weighted by molar-refractivity contribution is 0.0130. The quantitative estimate of drug-likeness (QED) is 0.738. The Balaban J connectivity index is 2.19. The number of likely N-dealkylation sites (tertiary alicyclic amines) is 1. The number of carbonyl (C=O) groups excluding carboxylic acids is 1. The molecular weight excluding hydrogens is 399 g/mol. The van der Waals surface area contributed by atoms with Gasteiger partial charge in [-0.15, -0.1) is 0 Å². The maximum Gasteiger partial charge on any atom is 0.410 e. The van der Waals surface area contributed by atoms with Gasteiger partial charge in [0.15, 0.2) is 0 Å². The van der Waals surface area contributed by atoms with Crippen LogP contribution in [-0.2, 0) is 21.6 Å². The summed E-state index contributed by atoms with van der Waals surface area (Å²) in [7, 11) is -3.43. The minimum absolute atomic E-state index is 0.0652. The van der Waals surface area contributed by atoms with Gasteiger partial charge in [-0.2, -0.15) is 5.10 Å². The monoisotopic (exact) mass is 425 g/mol. The van der Waals surface area contributed by atoms with Gasteiger partial charge in [-0.3, -0.25) is 4.68 Å². The van der Waals surface area contributed by atoms with Crippen molar-refractivity contribution in [2.75, 3.05) is 13.1 Å². The number of aromatic nitrogens is 2. The number of sulfone groups is 1. The zero-order chi connectivity index (χ0) is 21.5. The number of nitrogens with zero attached hydrogens (tertiary/aromatic N) is 3. The van der Waals surface area contributed by atoms with E-state index in [1.54, 1.807) is 20.8 Å². The minimum Gasteiger partial charge on any atom is -0.444 e. The van der Waals surface area contributed by atoms with Gasteiger partial charge < -0.3 is 9.64 Å². The minimum atomic E-state index is -4.72. The molecule has 2 rings (SSSR count). The van der Waals surface area contributed by atoms with Crippen molar-refractivity contribution in [3.63, 3.8) is 0 Å². The largest absolute Gasteiger partial charge is 0.444 e. The van der Waals surface area contributed by atoms with E-state index in [9.17, 15) is 22.0 Å². The van der Waals surface area contributed by atoms with Gasteiger partial charge in [-0.25, -0.2) is 26.4 Å². The van der Waals surface area contributed by atoms with E-state index in [2.05, 4.69) is 5.10 Å². The van der Waals surface area contributed by atoms with E-state index >= 15 is 4.39 Å². The summed E-state index contributed by atoms with van der Waals surface area (Å²) in [4.78, 5) is 12.7. The van der Waals surface area contributed by atoms with E-state index in [1.165, 1.54) is 11.9 Å². The fourth-order valence-electron chi connectivity index (χ4n) is 3.18. The second kappa shape index (κ2) is 7.57. The van der Waals surface area contributed by atoms with Gasteiger partial charge in [0, 0.05) is 32.3 Å². The lowest BCUT2D eigenvalue weighted by Crippen LogP contribution is -2.48. The van der Waals surface area contributed by atoms with Crippen LogP contribution in [0.15, 0.2) is 11.1 Å². The third kappa shape index (κ3) is 4.44. The van der Waals surface area contributed by atoms with Crippen LogP contribution in [0.5, 0.6) is 0 Å². The molecule has 0 aromatic carbocycles. The van der Waals surface area contributed by atoms with E-state index in [1.807, 2.05) is 0 Å². The molecule has 0 radical (unpaired) electrons. The normalized spacial score (nSPS) is 19.0. The summed E-state index contributed by atoms with van der Waals surface area (Å²) in [6.07, 6.45) is -2.67. The van der Waals surface area contributed by atoms with E-state index in [-0.39, 0.29) is 25.9 Å². The Kier molecular flexibility index (Phi) is 6.08. The van der Waals surface area contributed by atoms with Crippen molar-refractivity contribution in [3.05, 3.63) is 11.9 Å². The maximum atomic E-state index is 15.5. The van der Waals surface area contributed by atoms with Crippen LogP contribution in [0.2, 0.25) is 0 Å². The molecule has 0 unspecified atom stereocenters. The first-order valence-electron chi connectivity index (χ1n) is 8.90. The smallest absolute Gasteiger partial charge is 0.410 e. The molecule has 0 saturated carbocycles. The van der Waals surface area contributed by atoms with Crippen molar-refractivity contribution in [3.8, 4) is 0 Å². The third-order valence-corrected chi connectivity index (χ3v) is 7.00. The summed E-state index contributed by atoms with van der Waals surface area (Å²) in [6, 6.07) is 0. The number of carbonyl (C=O) groups is 1. The van der Waals surface area contributed by atoms with Gasteiger partial charge in [0.2, 0.25) is 14.8 Å². The number of hydrogen-bond acceptors (Lipinski definition) is 5. The maximum absolute atomic E-state index is 15.5. The number of alkyl halides is 3. The molecule has 0 spiro atoms. The number of amides is 1. The Morgan fingerprint density at radius 3 is 2.25 bits per heavy atom. The standard InChI is InChI=1S/C17H26F3N3O4S/c1-16(2,3)27-15(24)23-8-6-11(7-9-23)17(4,20)28(25,26)12-10-22(5)21-13(12)14(18)19/h10-11,14H,6-9H2,1-5H3/t17-/m1/s1. The second-order valence-electron chi connectivity index (χ2n) is 8.08. The Labute approximate surface area is 162 Å². The molecule has 1 atom stereocenters. The highest BCUT2D eigenvalue weighted by Gasteiger charge is 2.50. The summed E-state index contributed by atoms with van der Waals surface area (Å²) >= 11 is 0. The molecule has 11 heteroatoms. The van der Waals surface area contributed by atoms with E-state index in [0.29, 0.717) is 0 Å². The Morgan fingerprint density at radius 2 is 1.79 bits per heavy atom. The highest BCUT2D eigenvalue weighted by Crippen LogP contribution is 2.41. The average molecular weight is 425 g/mol.